The number of rotatable bonds is 8. The molecule has 1 heteroatoms. The molecular weight excluding hydrogens is 555 g/mol. The molecule has 1 nitrogen and oxygen atoms in total. The van der Waals surface area contributed by atoms with E-state index in [2.05, 4.69) is 176 Å². The number of anilines is 2. The molecule has 0 radical (unpaired) electrons. The number of fused-ring (bicyclic) bond motifs is 3. The lowest BCUT2D eigenvalue weighted by Gasteiger charge is -2.35. The second-order valence-electron chi connectivity index (χ2n) is 11.8. The van der Waals surface area contributed by atoms with Crippen LogP contribution in [0.5, 0.6) is 0 Å². The molecule has 0 saturated heterocycles. The van der Waals surface area contributed by atoms with Gasteiger partial charge >= 0.3 is 0 Å². The summed E-state index contributed by atoms with van der Waals surface area (Å²) in [6.07, 6.45) is 8.20. The molecule has 0 aromatic heterocycles. The molecule has 1 aliphatic carbocycles. The quantitative estimate of drug-likeness (QED) is 0.159. The van der Waals surface area contributed by atoms with Crippen molar-refractivity contribution in [3.8, 4) is 22.3 Å². The zero-order valence-corrected chi connectivity index (χ0v) is 26.4. The summed E-state index contributed by atoms with van der Waals surface area (Å²) in [5.41, 5.74) is 14.0. The highest BCUT2D eigenvalue weighted by Gasteiger charge is 2.46. The Morgan fingerprint density at radius 1 is 0.587 bits per heavy atom. The zero-order valence-electron chi connectivity index (χ0n) is 26.4. The van der Waals surface area contributed by atoms with Gasteiger partial charge in [-0.25, -0.2) is 0 Å². The van der Waals surface area contributed by atoms with Gasteiger partial charge in [-0.05, 0) is 88.2 Å². The van der Waals surface area contributed by atoms with E-state index < -0.39 is 5.41 Å². The third-order valence-electron chi connectivity index (χ3n) is 9.14. The van der Waals surface area contributed by atoms with Crippen LogP contribution in [0.1, 0.15) is 34.7 Å². The smallest absolute Gasteiger partial charge is 0.0713 e. The van der Waals surface area contributed by atoms with Crippen molar-refractivity contribution >= 4 is 11.4 Å². The maximum Gasteiger partial charge on any atom is 0.0713 e. The van der Waals surface area contributed by atoms with E-state index in [0.717, 1.165) is 17.1 Å². The minimum atomic E-state index is -0.428. The van der Waals surface area contributed by atoms with Gasteiger partial charge in [0.2, 0.25) is 0 Å². The predicted molar refractivity (Wildman–Crippen MR) is 196 cm³/mol. The Kier molecular flexibility index (Phi) is 7.83. The predicted octanol–water partition coefficient (Wildman–Crippen LogP) is 11.8. The Balaban J connectivity index is 1.39. The lowest BCUT2D eigenvalue weighted by Crippen LogP contribution is -2.29. The number of hydrogen-bond acceptors (Lipinski definition) is 1. The summed E-state index contributed by atoms with van der Waals surface area (Å²) >= 11 is 0. The van der Waals surface area contributed by atoms with Crippen LogP contribution < -0.4 is 4.90 Å². The highest BCUT2D eigenvalue weighted by molar-refractivity contribution is 5.87. The molecular formula is C45H37N. The number of benzene rings is 6. The number of aryl methyl sites for hydroxylation is 1. The highest BCUT2D eigenvalue weighted by atomic mass is 15.1. The summed E-state index contributed by atoms with van der Waals surface area (Å²) in [5.74, 6) is 0. The van der Waals surface area contributed by atoms with Gasteiger partial charge in [-0.3, -0.25) is 0 Å². The number of nitrogens with zero attached hydrogens (tertiary/aromatic N) is 1. The minimum Gasteiger partial charge on any atom is -0.311 e. The maximum atomic E-state index is 4.53. The molecule has 1 aliphatic rings. The average molecular weight is 592 g/mol. The fourth-order valence-electron chi connectivity index (χ4n) is 7.10. The molecule has 6 aromatic carbocycles. The van der Waals surface area contributed by atoms with Gasteiger partial charge in [-0.15, -0.1) is 0 Å². The molecule has 0 saturated carbocycles. The van der Waals surface area contributed by atoms with Gasteiger partial charge in [0.05, 0.1) is 5.41 Å². The van der Waals surface area contributed by atoms with Crippen molar-refractivity contribution in [3.05, 3.63) is 216 Å². The Bertz CT molecular complexity index is 2020. The summed E-state index contributed by atoms with van der Waals surface area (Å²) < 4.78 is 0. The van der Waals surface area contributed by atoms with Gasteiger partial charge in [0, 0.05) is 17.1 Å². The second kappa shape index (κ2) is 12.4. The van der Waals surface area contributed by atoms with Crippen LogP contribution in [-0.4, -0.2) is 0 Å². The third kappa shape index (κ3) is 4.91. The van der Waals surface area contributed by atoms with Crippen LogP contribution in [0.3, 0.4) is 0 Å². The van der Waals surface area contributed by atoms with Crippen molar-refractivity contribution in [2.75, 3.05) is 4.90 Å². The average Bonchev–Trinajstić information content (AvgIpc) is 3.41. The Morgan fingerprint density at radius 2 is 1.15 bits per heavy atom. The monoisotopic (exact) mass is 591 g/mol. The lowest BCUT2D eigenvalue weighted by molar-refractivity contribution is 0.767. The van der Waals surface area contributed by atoms with Gasteiger partial charge < -0.3 is 4.90 Å². The van der Waals surface area contributed by atoms with Gasteiger partial charge in [-0.2, -0.15) is 0 Å². The molecule has 0 fully saturated rings. The van der Waals surface area contributed by atoms with Crippen LogP contribution in [0, 0.1) is 6.92 Å². The van der Waals surface area contributed by atoms with Crippen molar-refractivity contribution in [2.45, 2.75) is 19.3 Å². The van der Waals surface area contributed by atoms with Crippen LogP contribution >= 0.6 is 0 Å². The van der Waals surface area contributed by atoms with Crippen LogP contribution in [0.4, 0.5) is 11.4 Å². The topological polar surface area (TPSA) is 3.24 Å². The van der Waals surface area contributed by atoms with Gasteiger partial charge in [0.1, 0.15) is 0 Å². The number of allylic oxidation sites excluding steroid dienone is 4. The van der Waals surface area contributed by atoms with E-state index in [-0.39, 0.29) is 0 Å². The molecule has 6 aromatic rings. The lowest BCUT2D eigenvalue weighted by atomic mass is 9.67. The van der Waals surface area contributed by atoms with E-state index in [9.17, 15) is 0 Å². The van der Waals surface area contributed by atoms with Crippen LogP contribution in [0.2, 0.25) is 0 Å². The fraction of sp³-hybridized carbons (Fsp3) is 0.0667. The first kappa shape index (κ1) is 29.1. The number of hydrogen-bond donors (Lipinski definition) is 0. The Hall–Kier alpha value is -5.66. The molecule has 0 spiro atoms. The van der Waals surface area contributed by atoms with Crippen LogP contribution in [0.25, 0.3) is 22.3 Å². The summed E-state index contributed by atoms with van der Waals surface area (Å²) in [5, 5.41) is 0. The molecule has 7 rings (SSSR count). The molecule has 0 amide bonds. The second-order valence-corrected chi connectivity index (χ2v) is 11.8. The van der Waals surface area contributed by atoms with Gasteiger partial charge in [0.25, 0.3) is 0 Å². The normalized spacial score (nSPS) is 13.1. The summed E-state index contributed by atoms with van der Waals surface area (Å²) in [4.78, 5) is 2.26. The van der Waals surface area contributed by atoms with Gasteiger partial charge in [0.15, 0.2) is 0 Å². The van der Waals surface area contributed by atoms with Gasteiger partial charge in [-0.1, -0.05) is 158 Å². The largest absolute Gasteiger partial charge is 0.311 e. The minimum absolute atomic E-state index is 0.428. The maximum absolute atomic E-state index is 4.53. The summed E-state index contributed by atoms with van der Waals surface area (Å²) in [7, 11) is 0. The summed E-state index contributed by atoms with van der Waals surface area (Å²) in [6.45, 7) is 8.77. The molecule has 0 bridgehead atoms. The Morgan fingerprint density at radius 3 is 1.76 bits per heavy atom. The first-order valence-electron chi connectivity index (χ1n) is 15.9. The molecule has 0 atom stereocenters. The van der Waals surface area contributed by atoms with E-state index in [1.54, 1.807) is 0 Å². The van der Waals surface area contributed by atoms with E-state index >= 15 is 0 Å². The zero-order chi connectivity index (χ0) is 31.5. The van der Waals surface area contributed by atoms with Crippen molar-refractivity contribution in [3.63, 3.8) is 0 Å². The highest BCUT2D eigenvalue weighted by Crippen LogP contribution is 2.56. The molecule has 0 N–H and O–H groups in total. The van der Waals surface area contributed by atoms with E-state index in [0.29, 0.717) is 0 Å². The fourth-order valence-corrected chi connectivity index (χ4v) is 7.10. The first-order chi connectivity index (χ1) is 22.6. The van der Waals surface area contributed by atoms with E-state index in [1.807, 2.05) is 25.2 Å². The van der Waals surface area contributed by atoms with Crippen LogP contribution in [0.15, 0.2) is 188 Å². The van der Waals surface area contributed by atoms with Crippen LogP contribution in [-0.2, 0) is 5.41 Å². The SMILES string of the molecule is C=C(C=CC=CC)N(c1ccc(-c2ccccc2)cc1)c1ccc(C2(c3ccccc3)c3ccccc3-c3ccccc32)cc1C. The first-order valence-corrected chi connectivity index (χ1v) is 15.9. The van der Waals surface area contributed by atoms with Crippen molar-refractivity contribution < 1.29 is 0 Å². The van der Waals surface area contributed by atoms with Crippen molar-refractivity contribution in [1.29, 1.82) is 0 Å². The standard InChI is InChI=1S/C45H37N/c1-4-5-8-17-34(3)46(39-29-26-36(27-30-39)35-18-9-6-10-19-35)44-31-28-38(32-33(44)2)45(37-20-11-7-12-21-37)42-24-15-13-22-40(42)41-23-14-16-25-43(41)45/h4-32H,3H2,1-2H3. The molecule has 46 heavy (non-hydrogen) atoms. The van der Waals surface area contributed by atoms with Crippen molar-refractivity contribution in [2.24, 2.45) is 0 Å². The Labute approximate surface area is 273 Å². The molecule has 0 heterocycles. The third-order valence-corrected chi connectivity index (χ3v) is 9.14. The molecule has 0 aliphatic heterocycles. The summed E-state index contributed by atoms with van der Waals surface area (Å²) in [6, 6.07) is 55.0. The van der Waals surface area contributed by atoms with Crippen molar-refractivity contribution in [1.82, 2.24) is 0 Å². The molecule has 222 valence electrons. The van der Waals surface area contributed by atoms with E-state index in [4.69, 9.17) is 0 Å². The van der Waals surface area contributed by atoms with E-state index in [1.165, 1.54) is 50.1 Å². The molecule has 0 unspecified atom stereocenters.